The Hall–Kier alpha value is -3.45. The molecular weight excluding hydrogens is 314 g/mol. The number of aromatic nitrogens is 1. The Bertz CT molecular complexity index is 1230. The number of hydrogen-bond acceptors (Lipinski definition) is 1. The molecule has 0 unspecified atom stereocenters. The van der Waals surface area contributed by atoms with Gasteiger partial charge in [0.05, 0.1) is 5.69 Å². The normalized spacial score (nSPS) is 11.1. The van der Waals surface area contributed by atoms with Gasteiger partial charge in [0.1, 0.15) is 0 Å². The van der Waals surface area contributed by atoms with E-state index in [4.69, 9.17) is 0 Å². The maximum atomic E-state index is 4.62. The Labute approximate surface area is 152 Å². The highest BCUT2D eigenvalue weighted by Crippen LogP contribution is 2.31. The summed E-state index contributed by atoms with van der Waals surface area (Å²) in [5.74, 6) is 0. The second-order valence-electron chi connectivity index (χ2n) is 6.52. The Morgan fingerprint density at radius 3 is 2.19 bits per heavy atom. The first-order valence-electron chi connectivity index (χ1n) is 8.82. The summed E-state index contributed by atoms with van der Waals surface area (Å²) in [5.41, 5.74) is 4.58. The molecule has 0 bridgehead atoms. The van der Waals surface area contributed by atoms with Crippen molar-refractivity contribution in [2.24, 2.45) is 0 Å². The quantitative estimate of drug-likeness (QED) is 0.350. The second-order valence-corrected chi connectivity index (χ2v) is 6.52. The lowest BCUT2D eigenvalue weighted by molar-refractivity contribution is 1.33. The first-order valence-corrected chi connectivity index (χ1v) is 8.82. The molecule has 5 rings (SSSR count). The van der Waals surface area contributed by atoms with Crippen LogP contribution in [-0.4, -0.2) is 4.98 Å². The van der Waals surface area contributed by atoms with Gasteiger partial charge in [-0.1, -0.05) is 78.9 Å². The summed E-state index contributed by atoms with van der Waals surface area (Å²) < 4.78 is 0. The molecular formula is C25H17N. The van der Waals surface area contributed by atoms with Gasteiger partial charge >= 0.3 is 0 Å². The fraction of sp³-hybridized carbons (Fsp3) is 0. The number of fused-ring (bicyclic) bond motifs is 2. The van der Waals surface area contributed by atoms with Gasteiger partial charge in [-0.15, -0.1) is 0 Å². The van der Waals surface area contributed by atoms with E-state index in [-0.39, 0.29) is 0 Å². The van der Waals surface area contributed by atoms with E-state index in [2.05, 4.69) is 102 Å². The van der Waals surface area contributed by atoms with Crippen LogP contribution in [0.2, 0.25) is 0 Å². The first kappa shape index (κ1) is 14.9. The second kappa shape index (κ2) is 6.12. The van der Waals surface area contributed by atoms with E-state index >= 15 is 0 Å². The van der Waals surface area contributed by atoms with E-state index in [0.29, 0.717) is 0 Å². The Morgan fingerprint density at radius 2 is 1.27 bits per heavy atom. The Morgan fingerprint density at radius 1 is 0.500 bits per heavy atom. The molecule has 1 heteroatoms. The highest BCUT2D eigenvalue weighted by atomic mass is 14.7. The van der Waals surface area contributed by atoms with Crippen LogP contribution in [0.4, 0.5) is 0 Å². The van der Waals surface area contributed by atoms with E-state index in [1.54, 1.807) is 0 Å². The van der Waals surface area contributed by atoms with E-state index < -0.39 is 0 Å². The van der Waals surface area contributed by atoms with E-state index in [1.807, 2.05) is 6.20 Å². The fourth-order valence-electron chi connectivity index (χ4n) is 3.58. The largest absolute Gasteiger partial charge is 0.256 e. The summed E-state index contributed by atoms with van der Waals surface area (Å²) in [4.78, 5) is 4.62. The molecule has 0 fully saturated rings. The van der Waals surface area contributed by atoms with Crippen molar-refractivity contribution in [3.8, 4) is 22.4 Å². The smallest absolute Gasteiger partial charge is 0.0708 e. The van der Waals surface area contributed by atoms with Gasteiger partial charge in [0.2, 0.25) is 0 Å². The highest BCUT2D eigenvalue weighted by Gasteiger charge is 2.07. The minimum absolute atomic E-state index is 1.00. The molecule has 5 aromatic rings. The van der Waals surface area contributed by atoms with Gasteiger partial charge in [-0.05, 0) is 50.9 Å². The van der Waals surface area contributed by atoms with Gasteiger partial charge in [0.15, 0.2) is 0 Å². The monoisotopic (exact) mass is 331 g/mol. The maximum absolute atomic E-state index is 4.62. The molecule has 26 heavy (non-hydrogen) atoms. The average molecular weight is 331 g/mol. The van der Waals surface area contributed by atoms with Crippen LogP contribution in [0, 0.1) is 0 Å². The molecule has 0 radical (unpaired) electrons. The zero-order valence-corrected chi connectivity index (χ0v) is 14.3. The molecule has 1 nitrogen and oxygen atoms in total. The van der Waals surface area contributed by atoms with Gasteiger partial charge in [0, 0.05) is 11.8 Å². The highest BCUT2D eigenvalue weighted by molar-refractivity contribution is 5.97. The summed E-state index contributed by atoms with van der Waals surface area (Å²) in [5, 5.41) is 5.02. The van der Waals surface area contributed by atoms with Crippen LogP contribution in [0.25, 0.3) is 43.9 Å². The van der Waals surface area contributed by atoms with Crippen molar-refractivity contribution < 1.29 is 0 Å². The van der Waals surface area contributed by atoms with Crippen molar-refractivity contribution >= 4 is 21.5 Å². The Kier molecular flexibility index (Phi) is 3.50. The van der Waals surface area contributed by atoms with Gasteiger partial charge < -0.3 is 0 Å². The van der Waals surface area contributed by atoms with Gasteiger partial charge in [-0.3, -0.25) is 4.98 Å². The summed E-state index contributed by atoms with van der Waals surface area (Å²) >= 11 is 0. The number of nitrogens with zero attached hydrogens (tertiary/aromatic N) is 1. The van der Waals surface area contributed by atoms with Gasteiger partial charge in [-0.2, -0.15) is 0 Å². The van der Waals surface area contributed by atoms with Crippen molar-refractivity contribution in [3.05, 3.63) is 103 Å². The van der Waals surface area contributed by atoms with Crippen molar-refractivity contribution in [1.29, 1.82) is 0 Å². The van der Waals surface area contributed by atoms with Crippen molar-refractivity contribution in [2.75, 3.05) is 0 Å². The minimum Gasteiger partial charge on any atom is -0.256 e. The van der Waals surface area contributed by atoms with Crippen LogP contribution in [0.15, 0.2) is 103 Å². The third-order valence-electron chi connectivity index (χ3n) is 4.91. The van der Waals surface area contributed by atoms with Crippen LogP contribution >= 0.6 is 0 Å². The SMILES string of the molecule is c1ccc2cc(-c3cc(-c4cccc5ccccc45)ccn3)ccc2c1. The predicted molar refractivity (Wildman–Crippen MR) is 110 cm³/mol. The van der Waals surface area contributed by atoms with Crippen LogP contribution < -0.4 is 0 Å². The Balaban J connectivity index is 1.66. The lowest BCUT2D eigenvalue weighted by Crippen LogP contribution is -1.87. The van der Waals surface area contributed by atoms with Gasteiger partial charge in [0.25, 0.3) is 0 Å². The lowest BCUT2D eigenvalue weighted by Gasteiger charge is -2.09. The zero-order chi connectivity index (χ0) is 17.3. The summed E-state index contributed by atoms with van der Waals surface area (Å²) in [6.07, 6.45) is 1.90. The predicted octanol–water partition coefficient (Wildman–Crippen LogP) is 6.72. The fourth-order valence-corrected chi connectivity index (χ4v) is 3.58. The number of pyridine rings is 1. The minimum atomic E-state index is 1.00. The molecule has 1 aromatic heterocycles. The van der Waals surface area contributed by atoms with Crippen LogP contribution in [0.3, 0.4) is 0 Å². The molecule has 0 saturated heterocycles. The molecule has 0 N–H and O–H groups in total. The topological polar surface area (TPSA) is 12.9 Å². The average Bonchev–Trinajstić information content (AvgIpc) is 2.73. The van der Waals surface area contributed by atoms with E-state index in [1.165, 1.54) is 32.7 Å². The standard InChI is InChI=1S/C25H17N/c1-2-8-20-16-22(13-12-18(20)6-1)25-17-21(14-15-26-25)24-11-5-9-19-7-3-4-10-23(19)24/h1-17H. The van der Waals surface area contributed by atoms with Crippen LogP contribution in [-0.2, 0) is 0 Å². The summed E-state index contributed by atoms with van der Waals surface area (Å²) in [6.45, 7) is 0. The first-order chi connectivity index (χ1) is 12.9. The molecule has 0 saturated carbocycles. The molecule has 1 heterocycles. The maximum Gasteiger partial charge on any atom is 0.0708 e. The number of benzene rings is 4. The molecule has 0 aliphatic heterocycles. The molecule has 0 amide bonds. The number of rotatable bonds is 2. The number of hydrogen-bond donors (Lipinski definition) is 0. The van der Waals surface area contributed by atoms with Crippen molar-refractivity contribution in [1.82, 2.24) is 4.98 Å². The van der Waals surface area contributed by atoms with Crippen molar-refractivity contribution in [3.63, 3.8) is 0 Å². The third-order valence-corrected chi connectivity index (χ3v) is 4.91. The molecule has 0 aliphatic carbocycles. The van der Waals surface area contributed by atoms with Crippen molar-refractivity contribution in [2.45, 2.75) is 0 Å². The molecule has 0 atom stereocenters. The molecule has 122 valence electrons. The van der Waals surface area contributed by atoms with E-state index in [9.17, 15) is 0 Å². The van der Waals surface area contributed by atoms with Crippen LogP contribution in [0.5, 0.6) is 0 Å². The molecule has 4 aromatic carbocycles. The van der Waals surface area contributed by atoms with E-state index in [0.717, 1.165) is 11.3 Å². The summed E-state index contributed by atoms with van der Waals surface area (Å²) in [6, 6.07) is 34.2. The molecule has 0 aliphatic rings. The zero-order valence-electron chi connectivity index (χ0n) is 14.3. The lowest BCUT2D eigenvalue weighted by atomic mass is 9.97. The van der Waals surface area contributed by atoms with Gasteiger partial charge in [-0.25, -0.2) is 0 Å². The summed E-state index contributed by atoms with van der Waals surface area (Å²) in [7, 11) is 0. The third kappa shape index (κ3) is 2.55. The molecule has 0 spiro atoms. The van der Waals surface area contributed by atoms with Crippen LogP contribution in [0.1, 0.15) is 0 Å².